The smallest absolute Gasteiger partial charge is 0.184 e. The number of aliphatic hydroxyl groups is 5. The predicted octanol–water partition coefficient (Wildman–Crippen LogP) is -2.60. The average Bonchev–Trinajstić information content (AvgIpc) is 2.08. The van der Waals surface area contributed by atoms with Crippen LogP contribution in [-0.4, -0.2) is 62.8 Å². The highest BCUT2D eigenvalue weighted by molar-refractivity contribution is 14.0. The summed E-state index contributed by atoms with van der Waals surface area (Å²) in [6.07, 6.45) is -7.04. The van der Waals surface area contributed by atoms with Crippen LogP contribution in [0.1, 0.15) is 0 Å². The van der Waals surface area contributed by atoms with Crippen molar-refractivity contribution in [1.82, 2.24) is 0 Å². The second-order valence-corrected chi connectivity index (χ2v) is 2.72. The van der Waals surface area contributed by atoms with Crippen LogP contribution in [0.3, 0.4) is 0 Å². The van der Waals surface area contributed by atoms with Crippen molar-refractivity contribution in [1.29, 1.82) is 0 Å². The van der Waals surface area contributed by atoms with Crippen LogP contribution in [0.15, 0.2) is 0 Å². The van der Waals surface area contributed by atoms with Gasteiger partial charge < -0.3 is 30.3 Å². The highest BCUT2D eigenvalue weighted by Gasteiger charge is 2.42. The molecule has 0 saturated carbocycles. The lowest BCUT2D eigenvalue weighted by molar-refractivity contribution is -0.286. The lowest BCUT2D eigenvalue weighted by Crippen LogP contribution is -2.58. The normalized spacial score (nSPS) is 45.5. The molecule has 7 heteroatoms. The lowest BCUT2D eigenvalue weighted by Gasteiger charge is -2.37. The third kappa shape index (κ3) is 2.72. The first-order valence-corrected chi connectivity index (χ1v) is 3.56. The van der Waals surface area contributed by atoms with E-state index in [0.29, 0.717) is 0 Å². The van der Waals surface area contributed by atoms with Crippen molar-refractivity contribution in [2.24, 2.45) is 0 Å². The molecule has 1 saturated heterocycles. The Kier molecular flexibility index (Phi) is 5.59. The molecule has 0 radical (unpaired) electrons. The number of halogens is 1. The van der Waals surface area contributed by atoms with Gasteiger partial charge in [-0.15, -0.1) is 24.0 Å². The lowest BCUT2D eigenvalue weighted by atomic mass is 10.00. The highest BCUT2D eigenvalue weighted by atomic mass is 127. The molecule has 1 heterocycles. The van der Waals surface area contributed by atoms with Crippen molar-refractivity contribution in [3.8, 4) is 0 Å². The van der Waals surface area contributed by atoms with E-state index in [9.17, 15) is 0 Å². The van der Waals surface area contributed by atoms with Gasteiger partial charge in [-0.1, -0.05) is 0 Å². The van der Waals surface area contributed by atoms with Gasteiger partial charge in [0, 0.05) is 0 Å². The molecule has 0 spiro atoms. The van der Waals surface area contributed by atoms with Crippen molar-refractivity contribution in [3.63, 3.8) is 0 Å². The molecule has 1 aliphatic rings. The molecule has 0 aromatic carbocycles. The van der Waals surface area contributed by atoms with Crippen molar-refractivity contribution in [2.45, 2.75) is 30.7 Å². The van der Waals surface area contributed by atoms with E-state index in [1.54, 1.807) is 0 Å². The van der Waals surface area contributed by atoms with Gasteiger partial charge >= 0.3 is 0 Å². The van der Waals surface area contributed by atoms with Gasteiger partial charge in [0.05, 0.1) is 6.61 Å². The third-order valence-electron chi connectivity index (χ3n) is 1.87. The topological polar surface area (TPSA) is 110 Å². The third-order valence-corrected chi connectivity index (χ3v) is 1.87. The Morgan fingerprint density at radius 3 is 1.92 bits per heavy atom. The first kappa shape index (κ1) is 13.5. The maximum atomic E-state index is 9.12. The number of ether oxygens (including phenoxy) is 1. The summed E-state index contributed by atoms with van der Waals surface area (Å²) >= 11 is 0. The fraction of sp³-hybridized carbons (Fsp3) is 1.00. The van der Waals surface area contributed by atoms with Gasteiger partial charge in [-0.3, -0.25) is 0 Å². The van der Waals surface area contributed by atoms with E-state index in [0.717, 1.165) is 0 Å². The minimum absolute atomic E-state index is 0. The van der Waals surface area contributed by atoms with Gasteiger partial charge in [0.1, 0.15) is 24.4 Å². The molecule has 80 valence electrons. The molecule has 0 unspecified atom stereocenters. The fourth-order valence-corrected chi connectivity index (χ4v) is 1.08. The second-order valence-electron chi connectivity index (χ2n) is 2.72. The number of aliphatic hydroxyl groups excluding tert-OH is 5. The monoisotopic (exact) mass is 308 g/mol. The van der Waals surface area contributed by atoms with Crippen LogP contribution in [0.25, 0.3) is 0 Å². The fourth-order valence-electron chi connectivity index (χ4n) is 1.08. The molecule has 0 aromatic rings. The molecule has 0 bridgehead atoms. The molecule has 1 rings (SSSR count). The Hall–Kier alpha value is 0.490. The minimum atomic E-state index is -1.57. The van der Waals surface area contributed by atoms with Gasteiger partial charge in [0.25, 0.3) is 0 Å². The van der Waals surface area contributed by atoms with E-state index in [1.165, 1.54) is 0 Å². The zero-order valence-electron chi connectivity index (χ0n) is 6.65. The molecule has 1 fully saturated rings. The summed E-state index contributed by atoms with van der Waals surface area (Å²) in [6.45, 7) is -0.526. The Balaban J connectivity index is 0.00000144. The van der Waals surface area contributed by atoms with Crippen molar-refractivity contribution < 1.29 is 30.3 Å². The molecular weight excluding hydrogens is 295 g/mol. The maximum Gasteiger partial charge on any atom is 0.184 e. The van der Waals surface area contributed by atoms with Gasteiger partial charge in [0.2, 0.25) is 0 Å². The molecule has 0 aromatic heterocycles. The summed E-state index contributed by atoms with van der Waals surface area (Å²) in [6, 6.07) is 0. The van der Waals surface area contributed by atoms with E-state index in [4.69, 9.17) is 25.5 Å². The van der Waals surface area contributed by atoms with Crippen LogP contribution in [0, 0.1) is 0 Å². The SMILES string of the molecule is I.OC[C@H]1O[C@H](O)[C@H](O)[C@@H](O)[C@@H]1O. The number of hydrogen-bond acceptors (Lipinski definition) is 6. The largest absolute Gasteiger partial charge is 0.394 e. The van der Waals surface area contributed by atoms with Crippen molar-refractivity contribution in [2.75, 3.05) is 6.61 Å². The van der Waals surface area contributed by atoms with Crippen LogP contribution in [0.5, 0.6) is 0 Å². The summed E-state index contributed by atoms with van der Waals surface area (Å²) in [5.41, 5.74) is 0. The van der Waals surface area contributed by atoms with Gasteiger partial charge in [-0.05, 0) is 0 Å². The quantitative estimate of drug-likeness (QED) is 0.340. The Morgan fingerprint density at radius 2 is 1.46 bits per heavy atom. The van der Waals surface area contributed by atoms with E-state index >= 15 is 0 Å². The summed E-state index contributed by atoms with van der Waals surface area (Å²) in [7, 11) is 0. The van der Waals surface area contributed by atoms with Crippen LogP contribution in [0.2, 0.25) is 0 Å². The highest BCUT2D eigenvalue weighted by Crippen LogP contribution is 2.18. The van der Waals surface area contributed by atoms with E-state index in [1.807, 2.05) is 0 Å². The van der Waals surface area contributed by atoms with Gasteiger partial charge in [-0.2, -0.15) is 0 Å². The van der Waals surface area contributed by atoms with Gasteiger partial charge in [0.15, 0.2) is 6.29 Å². The Labute approximate surface area is 91.8 Å². The summed E-state index contributed by atoms with van der Waals surface area (Å²) in [5.74, 6) is 0. The first-order chi connectivity index (χ1) is 5.57. The van der Waals surface area contributed by atoms with Crippen molar-refractivity contribution in [3.05, 3.63) is 0 Å². The predicted molar refractivity (Wildman–Crippen MR) is 51.4 cm³/mol. The Morgan fingerprint density at radius 1 is 0.923 bits per heavy atom. The molecule has 1 aliphatic heterocycles. The van der Waals surface area contributed by atoms with Gasteiger partial charge in [-0.25, -0.2) is 0 Å². The molecule has 13 heavy (non-hydrogen) atoms. The minimum Gasteiger partial charge on any atom is -0.394 e. The van der Waals surface area contributed by atoms with E-state index < -0.39 is 37.3 Å². The van der Waals surface area contributed by atoms with E-state index in [-0.39, 0.29) is 24.0 Å². The molecule has 6 nitrogen and oxygen atoms in total. The zero-order valence-corrected chi connectivity index (χ0v) is 8.98. The average molecular weight is 308 g/mol. The molecule has 0 amide bonds. The number of hydrogen-bond donors (Lipinski definition) is 5. The summed E-state index contributed by atoms with van der Waals surface area (Å²) in [4.78, 5) is 0. The molecular formula is C6H13IO6. The van der Waals surface area contributed by atoms with Crippen LogP contribution in [0.4, 0.5) is 0 Å². The molecule has 5 atom stereocenters. The zero-order chi connectivity index (χ0) is 9.30. The Bertz CT molecular complexity index is 151. The maximum absolute atomic E-state index is 9.12. The molecule has 0 aliphatic carbocycles. The summed E-state index contributed by atoms with van der Waals surface area (Å²) in [5, 5.41) is 44.7. The standard InChI is InChI=1S/C6H12O6.HI/c7-1-2-3(8)4(9)5(10)6(11)12-2;/h2-11H,1H2;1H/t2-,3-,4+,5-,6+;/m1./s1. The molecule has 5 N–H and O–H groups in total. The van der Waals surface area contributed by atoms with Crippen molar-refractivity contribution >= 4 is 24.0 Å². The summed E-state index contributed by atoms with van der Waals surface area (Å²) < 4.78 is 4.58. The van der Waals surface area contributed by atoms with Crippen LogP contribution >= 0.6 is 24.0 Å². The second kappa shape index (κ2) is 5.39. The van der Waals surface area contributed by atoms with Crippen LogP contribution in [-0.2, 0) is 4.74 Å². The van der Waals surface area contributed by atoms with E-state index in [2.05, 4.69) is 4.74 Å². The first-order valence-electron chi connectivity index (χ1n) is 3.56. The number of rotatable bonds is 1. The van der Waals surface area contributed by atoms with Crippen LogP contribution < -0.4 is 0 Å².